The molecule has 12 heavy (non-hydrogen) atoms. The van der Waals surface area contributed by atoms with Crippen molar-refractivity contribution in [1.82, 2.24) is 4.90 Å². The Bertz CT molecular complexity index is 143. The maximum absolute atomic E-state index is 5.82. The number of rotatable bonds is 5. The third-order valence-electron chi connectivity index (χ3n) is 3.17. The molecule has 1 unspecified atom stereocenters. The molecule has 0 radical (unpaired) electrons. The van der Waals surface area contributed by atoms with Crippen LogP contribution in [0.3, 0.4) is 0 Å². The first kappa shape index (κ1) is 10.0. The Morgan fingerprint density at radius 1 is 1.50 bits per heavy atom. The Morgan fingerprint density at radius 3 is 2.42 bits per heavy atom. The van der Waals surface area contributed by atoms with Crippen LogP contribution in [0.5, 0.6) is 0 Å². The zero-order chi connectivity index (χ0) is 9.19. The second-order valence-corrected chi connectivity index (χ2v) is 4.29. The van der Waals surface area contributed by atoms with Crippen molar-refractivity contribution in [3.05, 3.63) is 0 Å². The predicted octanol–water partition coefficient (Wildman–Crippen LogP) is 1.60. The van der Waals surface area contributed by atoms with Crippen LogP contribution in [-0.4, -0.2) is 30.1 Å². The molecule has 1 aliphatic rings. The molecule has 0 saturated heterocycles. The quantitative estimate of drug-likeness (QED) is 0.679. The summed E-state index contributed by atoms with van der Waals surface area (Å²) in [7, 11) is 2.22. The molecule has 1 aliphatic carbocycles. The first-order valence-corrected chi connectivity index (χ1v) is 5.07. The van der Waals surface area contributed by atoms with Gasteiger partial charge in [0, 0.05) is 18.1 Å². The van der Waals surface area contributed by atoms with Crippen molar-refractivity contribution in [1.29, 1.82) is 0 Å². The van der Waals surface area contributed by atoms with Crippen LogP contribution in [0.4, 0.5) is 0 Å². The molecular weight excluding hydrogens is 148 g/mol. The van der Waals surface area contributed by atoms with Gasteiger partial charge < -0.3 is 5.73 Å². The maximum Gasteiger partial charge on any atom is 0.0303 e. The molecule has 1 fully saturated rings. The number of nitrogens with two attached hydrogens (primary N) is 1. The lowest BCUT2D eigenvalue weighted by Crippen LogP contribution is -2.50. The highest BCUT2D eigenvalue weighted by atomic mass is 15.2. The van der Waals surface area contributed by atoms with Crippen LogP contribution in [0, 0.1) is 0 Å². The van der Waals surface area contributed by atoms with E-state index in [1.54, 1.807) is 0 Å². The Morgan fingerprint density at radius 2 is 2.08 bits per heavy atom. The average Bonchev–Trinajstić information content (AvgIpc) is 2.86. The number of likely N-dealkylation sites (N-methyl/N-ethyl adjacent to an activating group) is 1. The minimum Gasteiger partial charge on any atom is -0.329 e. The first-order valence-electron chi connectivity index (χ1n) is 5.07. The zero-order valence-electron chi connectivity index (χ0n) is 8.64. The van der Waals surface area contributed by atoms with E-state index in [1.807, 2.05) is 0 Å². The fraction of sp³-hybridized carbons (Fsp3) is 1.00. The van der Waals surface area contributed by atoms with E-state index in [0.29, 0.717) is 0 Å². The molecule has 1 rings (SSSR count). The molecule has 0 heterocycles. The van der Waals surface area contributed by atoms with Gasteiger partial charge in [-0.2, -0.15) is 0 Å². The number of hydrogen-bond acceptors (Lipinski definition) is 2. The van der Waals surface area contributed by atoms with E-state index in [4.69, 9.17) is 5.73 Å². The second kappa shape index (κ2) is 3.75. The SMILES string of the molecule is CCCC(C)(CN)N(C)C1CC1. The van der Waals surface area contributed by atoms with Crippen molar-refractivity contribution in [2.75, 3.05) is 13.6 Å². The van der Waals surface area contributed by atoms with Gasteiger partial charge in [-0.3, -0.25) is 4.90 Å². The lowest BCUT2D eigenvalue weighted by Gasteiger charge is -2.38. The summed E-state index contributed by atoms with van der Waals surface area (Å²) >= 11 is 0. The van der Waals surface area contributed by atoms with Crippen LogP contribution in [-0.2, 0) is 0 Å². The van der Waals surface area contributed by atoms with Crippen molar-refractivity contribution in [3.8, 4) is 0 Å². The maximum atomic E-state index is 5.82. The highest BCUT2D eigenvalue weighted by Crippen LogP contribution is 2.32. The van der Waals surface area contributed by atoms with Crippen molar-refractivity contribution < 1.29 is 0 Å². The molecule has 1 atom stereocenters. The summed E-state index contributed by atoms with van der Waals surface area (Å²) < 4.78 is 0. The van der Waals surface area contributed by atoms with Gasteiger partial charge in [0.15, 0.2) is 0 Å². The van der Waals surface area contributed by atoms with Gasteiger partial charge in [-0.15, -0.1) is 0 Å². The summed E-state index contributed by atoms with van der Waals surface area (Å²) in [6.07, 6.45) is 5.19. The first-order chi connectivity index (χ1) is 5.64. The summed E-state index contributed by atoms with van der Waals surface area (Å²) in [4.78, 5) is 2.48. The summed E-state index contributed by atoms with van der Waals surface area (Å²) in [5.41, 5.74) is 6.06. The summed E-state index contributed by atoms with van der Waals surface area (Å²) in [5.74, 6) is 0. The normalized spacial score (nSPS) is 22.8. The van der Waals surface area contributed by atoms with Gasteiger partial charge in [0.1, 0.15) is 0 Å². The fourth-order valence-electron chi connectivity index (χ4n) is 1.86. The molecule has 0 amide bonds. The minimum absolute atomic E-state index is 0.246. The zero-order valence-corrected chi connectivity index (χ0v) is 8.64. The average molecular weight is 170 g/mol. The van der Waals surface area contributed by atoms with E-state index >= 15 is 0 Å². The Labute approximate surface area is 76.1 Å². The molecule has 2 nitrogen and oxygen atoms in total. The molecule has 0 bridgehead atoms. The van der Waals surface area contributed by atoms with Gasteiger partial charge in [0.2, 0.25) is 0 Å². The Hall–Kier alpha value is -0.0800. The van der Waals surface area contributed by atoms with Gasteiger partial charge in [0.05, 0.1) is 0 Å². The molecular formula is C10H22N2. The van der Waals surface area contributed by atoms with Crippen molar-refractivity contribution >= 4 is 0 Å². The topological polar surface area (TPSA) is 29.3 Å². The second-order valence-electron chi connectivity index (χ2n) is 4.29. The Kier molecular flexibility index (Phi) is 3.13. The Balaban J connectivity index is 2.50. The molecule has 0 aliphatic heterocycles. The highest BCUT2D eigenvalue weighted by Gasteiger charge is 2.36. The molecule has 0 aromatic rings. The van der Waals surface area contributed by atoms with Gasteiger partial charge in [0.25, 0.3) is 0 Å². The van der Waals surface area contributed by atoms with Crippen LogP contribution >= 0.6 is 0 Å². The molecule has 72 valence electrons. The third kappa shape index (κ3) is 1.99. The molecule has 0 aromatic carbocycles. The summed E-state index contributed by atoms with van der Waals surface area (Å²) in [5, 5.41) is 0. The lowest BCUT2D eigenvalue weighted by atomic mass is 9.94. The van der Waals surface area contributed by atoms with E-state index in [2.05, 4.69) is 25.8 Å². The number of nitrogens with zero attached hydrogens (tertiary/aromatic N) is 1. The molecule has 1 saturated carbocycles. The van der Waals surface area contributed by atoms with E-state index in [-0.39, 0.29) is 5.54 Å². The van der Waals surface area contributed by atoms with Gasteiger partial charge in [-0.25, -0.2) is 0 Å². The van der Waals surface area contributed by atoms with Gasteiger partial charge in [-0.05, 0) is 33.2 Å². The van der Waals surface area contributed by atoms with E-state index < -0.39 is 0 Å². The highest BCUT2D eigenvalue weighted by molar-refractivity contribution is 4.94. The van der Waals surface area contributed by atoms with Crippen LogP contribution in [0.25, 0.3) is 0 Å². The standard InChI is InChI=1S/C10H22N2/c1-4-7-10(2,8-11)12(3)9-5-6-9/h9H,4-8,11H2,1-3H3. The van der Waals surface area contributed by atoms with Crippen LogP contribution < -0.4 is 5.73 Å². The molecule has 2 heteroatoms. The molecule has 0 aromatic heterocycles. The van der Waals surface area contributed by atoms with Crippen LogP contribution in [0.1, 0.15) is 39.5 Å². The molecule has 0 spiro atoms. The van der Waals surface area contributed by atoms with E-state index in [9.17, 15) is 0 Å². The van der Waals surface area contributed by atoms with Crippen molar-refractivity contribution in [3.63, 3.8) is 0 Å². The largest absolute Gasteiger partial charge is 0.329 e. The van der Waals surface area contributed by atoms with Gasteiger partial charge in [-0.1, -0.05) is 13.3 Å². The fourth-order valence-corrected chi connectivity index (χ4v) is 1.86. The molecule has 2 N–H and O–H groups in total. The van der Waals surface area contributed by atoms with Gasteiger partial charge >= 0.3 is 0 Å². The smallest absolute Gasteiger partial charge is 0.0303 e. The van der Waals surface area contributed by atoms with Crippen molar-refractivity contribution in [2.24, 2.45) is 5.73 Å². The third-order valence-corrected chi connectivity index (χ3v) is 3.17. The number of hydrogen-bond donors (Lipinski definition) is 1. The van der Waals surface area contributed by atoms with Crippen LogP contribution in [0.15, 0.2) is 0 Å². The van der Waals surface area contributed by atoms with E-state index in [1.165, 1.54) is 25.7 Å². The van der Waals surface area contributed by atoms with E-state index in [0.717, 1.165) is 12.6 Å². The predicted molar refractivity (Wildman–Crippen MR) is 53.2 cm³/mol. The van der Waals surface area contributed by atoms with Crippen molar-refractivity contribution in [2.45, 2.75) is 51.1 Å². The lowest BCUT2D eigenvalue weighted by molar-refractivity contribution is 0.124. The summed E-state index contributed by atoms with van der Waals surface area (Å²) in [6, 6.07) is 0.824. The minimum atomic E-state index is 0.246. The monoisotopic (exact) mass is 170 g/mol. The van der Waals surface area contributed by atoms with Crippen LogP contribution in [0.2, 0.25) is 0 Å². The summed E-state index contributed by atoms with van der Waals surface area (Å²) in [6.45, 7) is 5.30.